The molecule has 21 amide bonds. The smallest absolute Gasteiger partial charge is 0.328 e. The van der Waals surface area contributed by atoms with Gasteiger partial charge >= 0.3 is 11.9 Å². The summed E-state index contributed by atoms with van der Waals surface area (Å²) in [4.78, 5) is 322. The third kappa shape index (κ3) is 38.6. The molecule has 146 heavy (non-hydrogen) atoms. The Kier molecular flexibility index (Phi) is 48.2. The van der Waals surface area contributed by atoms with E-state index in [2.05, 4.69) is 100 Å². The van der Waals surface area contributed by atoms with Crippen LogP contribution < -0.4 is 107 Å². The van der Waals surface area contributed by atoms with Gasteiger partial charge in [-0.05, 0) is 120 Å². The molecule has 54 heteroatoms. The molecule has 54 nitrogen and oxygen atoms in total. The van der Waals surface area contributed by atoms with Gasteiger partial charge in [0.1, 0.15) is 96.4 Å². The van der Waals surface area contributed by atoms with E-state index in [1.807, 2.05) is 5.32 Å². The molecule has 0 saturated carbocycles. The summed E-state index contributed by atoms with van der Waals surface area (Å²) in [6, 6.07) is -11.1. The molecule has 6 rings (SSSR count). The Labute approximate surface area is 838 Å². The summed E-state index contributed by atoms with van der Waals surface area (Å²) < 4.78 is 0. The van der Waals surface area contributed by atoms with Crippen molar-refractivity contribution in [3.8, 4) is 5.75 Å². The van der Waals surface area contributed by atoms with Gasteiger partial charge in [0.15, 0.2) is 0 Å². The van der Waals surface area contributed by atoms with Gasteiger partial charge in [0, 0.05) is 45.0 Å². The van der Waals surface area contributed by atoms with Crippen molar-refractivity contribution in [3.05, 3.63) is 83.9 Å². The first-order chi connectivity index (χ1) is 68.9. The minimum absolute atomic E-state index is 0.00254. The maximum absolute atomic E-state index is 14.8. The molecule has 0 aliphatic carbocycles. The third-order valence-corrected chi connectivity index (χ3v) is 24.0. The summed E-state index contributed by atoms with van der Waals surface area (Å²) in [6.07, 6.45) is -4.41. The topological polar surface area (TPSA) is 838 Å². The van der Waals surface area contributed by atoms with Crippen molar-refractivity contribution in [2.24, 2.45) is 29.2 Å². The number of carbonyl (C=O) groups excluding carboxylic acids is 21. The lowest BCUT2D eigenvalue weighted by Gasteiger charge is -2.31. The quantitative estimate of drug-likeness (QED) is 0.0249. The first-order valence-electron chi connectivity index (χ1n) is 47.7. The van der Waals surface area contributed by atoms with Crippen LogP contribution in [0.3, 0.4) is 0 Å². The van der Waals surface area contributed by atoms with E-state index < -0.39 is 328 Å². The number of H-pyrrole nitrogens is 1. The van der Waals surface area contributed by atoms with Crippen LogP contribution >= 0.6 is 0 Å². The predicted octanol–water partition coefficient (Wildman–Crippen LogP) is -10.8. The van der Waals surface area contributed by atoms with Crippen LogP contribution in [0.15, 0.2) is 67.1 Å². The number of likely N-dealkylation sites (tertiary alicyclic amines) is 2. The van der Waals surface area contributed by atoms with E-state index in [0.29, 0.717) is 18.5 Å². The number of rotatable bonds is 59. The van der Waals surface area contributed by atoms with Crippen LogP contribution in [-0.4, -0.2) is 359 Å². The van der Waals surface area contributed by atoms with Gasteiger partial charge in [0.05, 0.1) is 82.0 Å². The zero-order valence-corrected chi connectivity index (χ0v) is 82.3. The molecule has 3 aromatic rings. The van der Waals surface area contributed by atoms with Gasteiger partial charge in [-0.3, -0.25) is 105 Å². The van der Waals surface area contributed by atoms with Gasteiger partial charge in [-0.1, -0.05) is 90.4 Å². The summed E-state index contributed by atoms with van der Waals surface area (Å²) in [6.45, 7) is 8.68. The minimum atomic E-state index is -2.15. The van der Waals surface area contributed by atoms with Crippen molar-refractivity contribution in [3.63, 3.8) is 0 Å². The first-order valence-corrected chi connectivity index (χ1v) is 47.7. The van der Waals surface area contributed by atoms with E-state index in [1.54, 1.807) is 65.0 Å². The van der Waals surface area contributed by atoms with E-state index >= 15 is 0 Å². The van der Waals surface area contributed by atoms with E-state index in [0.717, 1.165) is 30.1 Å². The highest BCUT2D eigenvalue weighted by Gasteiger charge is 2.45. The Bertz CT molecular complexity index is 5080. The molecular formula is C92H136N24O30. The Balaban J connectivity index is 1.06. The predicted molar refractivity (Wildman–Crippen MR) is 510 cm³/mol. The SMILES string of the molecule is CC[C@H](C)[C@H](NC(=O)CNC(=O)[C@H](CC(N)=O)NC(=O)CNC(=O)[C@@H](NC(=O)[C@H](CC(=O)O)NC(=O)[C@H](Cc1ccc(O)cc1)NC(=O)CNC(=O)[C@@H]1CCCN1C(=O)[C@H](Cc1c[nH]cn1)NC(=O)[C@@H](NC(=O)[C@@H](NC(=O)[C@H](Cc1ccccc1)NC(=O)[C@@H]1CCCN1)C(C)C)[C@@H](C)O)[C@@H](C)O)C(=O)N[C@@H](CCC(N)=O)C(=O)N[C@@H](CC(C)C)C(=O)N1CCC[C@H]1C(=O)NCC(=O)N[C@H](C(=O)N[C@@H](CO)C(=O)O)[C@@H](C)O. The molecule has 804 valence electrons. The van der Waals surface area contributed by atoms with Gasteiger partial charge in [-0.2, -0.15) is 0 Å². The number of phenolic OH excluding ortho intramolecular Hbond substituents is 1. The number of aliphatic hydroxyl groups is 4. The number of aromatic amines is 1. The van der Waals surface area contributed by atoms with Crippen molar-refractivity contribution in [2.75, 3.05) is 52.4 Å². The second-order valence-electron chi connectivity index (χ2n) is 36.7. The molecule has 0 unspecified atom stereocenters. The molecule has 3 aliphatic rings. The average molecular weight is 2060 g/mol. The van der Waals surface area contributed by atoms with E-state index in [9.17, 15) is 146 Å². The maximum atomic E-state index is 14.8. The Morgan fingerprint density at radius 3 is 1.37 bits per heavy atom. The fourth-order valence-electron chi connectivity index (χ4n) is 16.0. The van der Waals surface area contributed by atoms with Crippen LogP contribution in [0.25, 0.3) is 0 Å². The molecule has 0 spiro atoms. The molecule has 0 bridgehead atoms. The number of nitrogens with zero attached hydrogens (tertiary/aromatic N) is 3. The van der Waals surface area contributed by atoms with E-state index in [-0.39, 0.29) is 87.4 Å². The normalized spacial score (nSPS) is 17.8. The molecule has 0 radical (unpaired) electrons. The number of amides is 21. The number of imidazole rings is 1. The molecule has 2 aromatic carbocycles. The molecule has 20 atom stereocenters. The number of aromatic hydroxyl groups is 1. The van der Waals surface area contributed by atoms with Gasteiger partial charge in [0.2, 0.25) is 124 Å². The van der Waals surface area contributed by atoms with Gasteiger partial charge in [-0.15, -0.1) is 0 Å². The van der Waals surface area contributed by atoms with Crippen molar-refractivity contribution in [1.29, 1.82) is 0 Å². The average Bonchev–Trinajstić information content (AvgIpc) is 1.65. The standard InChI is InChI=1S/C92H136N24O30/c1-10-46(6)73(87(140)104-55(26-27-65(93)122)79(132)107-60(31-44(2)3)90(143)115-29-15-20-63(115)84(137)99-41-70(127)111-75(48(8)119)88(141)109-62(42-117)92(145)146)110-69(126)40-97-77(130)58(35-66(94)123)103-68(125)39-100-85(138)74(47(7)118)113-82(135)59(36-71(128)129)106-80(133)56(33-51-22-24-53(121)25-23-51)102-67(124)38-98-83(136)64-21-16-30-116(64)91(144)61(34-52-37-95-43-101-52)108-89(142)76(49(9)120)114-86(139)72(45(4)5)112-81(134)57(32-50-17-12-11-13-18-50)105-78(131)54-19-14-28-96-54/h11-13,17-18,22-25,37,43-49,54-64,72-76,96,117-121H,10,14-16,19-21,26-36,38-42H2,1-9H3,(H2,93,122)(H2,94,123)(H,95,101)(H,97,130)(H,98,136)(H,99,137)(H,100,138)(H,102,124)(H,103,125)(H,104,140)(H,105,131)(H,106,133)(H,107,132)(H,108,142)(H,109,141)(H,110,126)(H,111,127)(H,112,134)(H,113,135)(H,114,139)(H,128,129)(H,145,146)/t46-,47+,48+,49+,54-,55-,56-,57-,58-,59-,60-,61-,62-,63-,64-,72-,73-,74-,75-,76-/m0/s1. The van der Waals surface area contributed by atoms with E-state index in [1.165, 1.54) is 50.6 Å². The molecule has 3 saturated heterocycles. The van der Waals surface area contributed by atoms with Crippen molar-refractivity contribution in [1.82, 2.24) is 115 Å². The zero-order valence-electron chi connectivity index (χ0n) is 82.3. The monoisotopic (exact) mass is 2060 g/mol. The fraction of sp³-hybridized carbons (Fsp3) is 0.587. The van der Waals surface area contributed by atoms with Crippen LogP contribution in [0.1, 0.15) is 156 Å². The Hall–Kier alpha value is -14.9. The summed E-state index contributed by atoms with van der Waals surface area (Å²) in [5, 5.41) is 114. The highest BCUT2D eigenvalue weighted by molar-refractivity contribution is 6.03. The number of aromatic nitrogens is 2. The summed E-state index contributed by atoms with van der Waals surface area (Å²) in [7, 11) is 0. The Morgan fingerprint density at radius 2 is 0.870 bits per heavy atom. The van der Waals surface area contributed by atoms with Crippen molar-refractivity contribution >= 4 is 136 Å². The number of phenols is 1. The number of carbonyl (C=O) groups is 23. The lowest BCUT2D eigenvalue weighted by atomic mass is 9.97. The summed E-state index contributed by atoms with van der Waals surface area (Å²) in [5.41, 5.74) is 12.1. The number of aliphatic carboxylic acids is 2. The molecule has 1 aromatic heterocycles. The largest absolute Gasteiger partial charge is 0.508 e. The van der Waals surface area contributed by atoms with Gasteiger partial charge in [0.25, 0.3) is 0 Å². The molecular weight excluding hydrogens is 1920 g/mol. The first kappa shape index (κ1) is 120. The lowest BCUT2D eigenvalue weighted by molar-refractivity contribution is -0.144. The van der Waals surface area contributed by atoms with E-state index in [4.69, 9.17) is 11.5 Å². The van der Waals surface area contributed by atoms with Crippen molar-refractivity contribution < 1.29 is 146 Å². The minimum Gasteiger partial charge on any atom is -0.508 e. The number of carboxylic acid groups (broad SMARTS) is 2. The maximum Gasteiger partial charge on any atom is 0.328 e. The van der Waals surface area contributed by atoms with Gasteiger partial charge < -0.3 is 158 Å². The number of hydrogen-bond acceptors (Lipinski definition) is 30. The van der Waals surface area contributed by atoms with Gasteiger partial charge in [-0.25, -0.2) is 9.78 Å². The zero-order chi connectivity index (χ0) is 109. The lowest BCUT2D eigenvalue weighted by Crippen LogP contribution is -2.62. The second kappa shape index (κ2) is 58.7. The number of primary amides is 2. The number of benzene rings is 2. The number of aliphatic hydroxyl groups excluding tert-OH is 4. The molecule has 3 fully saturated rings. The number of nitrogens with one attached hydrogen (secondary N) is 19. The van der Waals surface area contributed by atoms with Crippen molar-refractivity contribution in [2.45, 2.75) is 274 Å². The highest BCUT2D eigenvalue weighted by Crippen LogP contribution is 2.24. The number of hydrogen-bond donors (Lipinski definition) is 28. The second-order valence-corrected chi connectivity index (χ2v) is 36.7. The van der Waals surface area contributed by atoms with Crippen LogP contribution in [0, 0.1) is 17.8 Å². The summed E-state index contributed by atoms with van der Waals surface area (Å²) >= 11 is 0. The third-order valence-electron chi connectivity index (χ3n) is 24.0. The molecule has 3 aliphatic heterocycles. The number of nitrogens with two attached hydrogens (primary N) is 2. The molecule has 30 N–H and O–H groups in total. The van der Waals surface area contributed by atoms with Crippen LogP contribution in [0.2, 0.25) is 0 Å². The van der Waals surface area contributed by atoms with Crippen LogP contribution in [0.5, 0.6) is 5.75 Å². The number of carboxylic acids is 2. The van der Waals surface area contributed by atoms with Crippen LogP contribution in [-0.2, 0) is 130 Å². The summed E-state index contributed by atoms with van der Waals surface area (Å²) in [5.74, 6) is -27.0. The fourth-order valence-corrected chi connectivity index (χ4v) is 16.0. The highest BCUT2D eigenvalue weighted by atomic mass is 16.4. The van der Waals surface area contributed by atoms with Crippen LogP contribution in [0.4, 0.5) is 0 Å². The Morgan fingerprint density at radius 1 is 0.432 bits per heavy atom. The molecule has 4 heterocycles.